The molecule has 0 aliphatic carbocycles. The summed E-state index contributed by atoms with van der Waals surface area (Å²) in [4.78, 5) is 12.1. The lowest BCUT2D eigenvalue weighted by Crippen LogP contribution is -2.25. The van der Waals surface area contributed by atoms with Gasteiger partial charge in [-0.05, 0) is 0 Å². The fourth-order valence-electron chi connectivity index (χ4n) is 2.07. The third-order valence-electron chi connectivity index (χ3n) is 3.37. The van der Waals surface area contributed by atoms with Crippen LogP contribution in [0.3, 0.4) is 0 Å². The second-order valence-electron chi connectivity index (χ2n) is 5.18. The molecule has 0 aliphatic rings. The van der Waals surface area contributed by atoms with Crippen molar-refractivity contribution >= 4 is 17.2 Å². The molecule has 0 fully saturated rings. The van der Waals surface area contributed by atoms with Crippen LogP contribution in [-0.2, 0) is 6.42 Å². The molecule has 1 aromatic carbocycles. The van der Waals surface area contributed by atoms with Crippen LogP contribution in [0.25, 0.3) is 11.3 Å². The van der Waals surface area contributed by atoms with Crippen molar-refractivity contribution in [3.63, 3.8) is 0 Å². The van der Waals surface area contributed by atoms with Crippen molar-refractivity contribution in [2.45, 2.75) is 12.5 Å². The van der Waals surface area contributed by atoms with Crippen molar-refractivity contribution in [1.82, 2.24) is 20.7 Å². The summed E-state index contributed by atoms with van der Waals surface area (Å²) in [6, 6.07) is 11.0. The van der Waals surface area contributed by atoms with Gasteiger partial charge < -0.3 is 20.1 Å². The Morgan fingerprint density at radius 1 is 1.28 bits per heavy atom. The van der Waals surface area contributed by atoms with E-state index in [-0.39, 0.29) is 11.6 Å². The Hall–Kier alpha value is -2.62. The molecular weight excluding hydrogens is 344 g/mol. The smallest absolute Gasteiger partial charge is 0.273 e. The number of hydrogen-bond donors (Lipinski definition) is 3. The third-order valence-corrected chi connectivity index (χ3v) is 4.45. The molecule has 3 N–H and O–H groups in total. The van der Waals surface area contributed by atoms with Gasteiger partial charge in [0.25, 0.3) is 5.91 Å². The minimum absolute atomic E-state index is 0.201. The predicted molar refractivity (Wildman–Crippen MR) is 89.9 cm³/mol. The topological polar surface area (TPSA) is 121 Å². The summed E-state index contributed by atoms with van der Waals surface area (Å²) in [5.41, 5.74) is 1.05. The van der Waals surface area contributed by atoms with Gasteiger partial charge in [0.15, 0.2) is 11.5 Å². The Kier molecular flexibility index (Phi) is 5.49. The van der Waals surface area contributed by atoms with Crippen molar-refractivity contribution in [3.8, 4) is 11.3 Å². The third kappa shape index (κ3) is 4.27. The number of aliphatic hydroxyl groups is 2. The van der Waals surface area contributed by atoms with Crippen molar-refractivity contribution in [3.05, 3.63) is 52.1 Å². The minimum atomic E-state index is -1.02. The molecule has 3 aromatic rings. The maximum Gasteiger partial charge on any atom is 0.273 e. The Bertz CT molecular complexity index is 834. The first kappa shape index (κ1) is 17.2. The molecule has 0 aliphatic heterocycles. The Balaban J connectivity index is 1.53. The highest BCUT2D eigenvalue weighted by Crippen LogP contribution is 2.20. The van der Waals surface area contributed by atoms with Gasteiger partial charge in [-0.15, -0.1) is 10.2 Å². The molecule has 130 valence electrons. The molecule has 1 unspecified atom stereocenters. The van der Waals surface area contributed by atoms with Crippen LogP contribution in [0.15, 0.2) is 40.9 Å². The lowest BCUT2D eigenvalue weighted by Gasteiger charge is -2.00. The van der Waals surface area contributed by atoms with E-state index >= 15 is 0 Å². The van der Waals surface area contributed by atoms with Gasteiger partial charge in [-0.2, -0.15) is 0 Å². The van der Waals surface area contributed by atoms with Crippen LogP contribution in [0.5, 0.6) is 0 Å². The number of carbonyl (C=O) groups is 1. The first-order valence-corrected chi connectivity index (χ1v) is 8.40. The maximum atomic E-state index is 12.1. The van der Waals surface area contributed by atoms with Crippen LogP contribution >= 0.6 is 11.3 Å². The fraction of sp³-hybridized carbons (Fsp3) is 0.250. The van der Waals surface area contributed by atoms with Crippen LogP contribution in [0, 0.1) is 0 Å². The molecule has 2 aromatic heterocycles. The van der Waals surface area contributed by atoms with E-state index in [9.17, 15) is 9.90 Å². The summed E-state index contributed by atoms with van der Waals surface area (Å²) in [5, 5.41) is 33.6. The summed E-state index contributed by atoms with van der Waals surface area (Å²) in [6.45, 7) is -0.0580. The average molecular weight is 360 g/mol. The number of amides is 1. The Morgan fingerprint density at radius 3 is 2.84 bits per heavy atom. The highest BCUT2D eigenvalue weighted by molar-refractivity contribution is 7.11. The summed E-state index contributed by atoms with van der Waals surface area (Å²) in [7, 11) is 0. The zero-order valence-corrected chi connectivity index (χ0v) is 13.9. The fourth-order valence-corrected chi connectivity index (χ4v) is 2.89. The van der Waals surface area contributed by atoms with Gasteiger partial charge in [0.1, 0.15) is 16.1 Å². The maximum absolute atomic E-state index is 12.1. The van der Waals surface area contributed by atoms with E-state index in [1.807, 2.05) is 30.3 Å². The number of carbonyl (C=O) groups excluding carboxylic acids is 1. The van der Waals surface area contributed by atoms with Crippen LogP contribution in [0.4, 0.5) is 0 Å². The lowest BCUT2D eigenvalue weighted by molar-refractivity contribution is 0.0945. The molecular formula is C16H16N4O4S. The van der Waals surface area contributed by atoms with E-state index in [1.165, 1.54) is 11.3 Å². The van der Waals surface area contributed by atoms with E-state index in [1.54, 1.807) is 6.07 Å². The summed E-state index contributed by atoms with van der Waals surface area (Å²) in [6.07, 6.45) is -0.558. The summed E-state index contributed by atoms with van der Waals surface area (Å²) >= 11 is 1.20. The molecule has 8 nitrogen and oxygen atoms in total. The van der Waals surface area contributed by atoms with Crippen LogP contribution in [0.1, 0.15) is 26.6 Å². The number of nitrogens with zero attached hydrogens (tertiary/aromatic N) is 3. The monoisotopic (exact) mass is 360 g/mol. The molecule has 9 heteroatoms. The number of hydrogen-bond acceptors (Lipinski definition) is 8. The minimum Gasteiger partial charge on any atom is -0.393 e. The quantitative estimate of drug-likeness (QED) is 0.578. The van der Waals surface area contributed by atoms with Crippen LogP contribution in [-0.4, -0.2) is 44.6 Å². The highest BCUT2D eigenvalue weighted by Gasteiger charge is 2.15. The molecule has 1 amide bonds. The van der Waals surface area contributed by atoms with Gasteiger partial charge in [0.05, 0.1) is 6.61 Å². The normalized spacial score (nSPS) is 12.1. The van der Waals surface area contributed by atoms with Crippen molar-refractivity contribution in [1.29, 1.82) is 0 Å². The van der Waals surface area contributed by atoms with E-state index in [2.05, 4.69) is 20.7 Å². The van der Waals surface area contributed by atoms with Crippen LogP contribution in [0.2, 0.25) is 0 Å². The van der Waals surface area contributed by atoms with Gasteiger partial charge in [-0.25, -0.2) is 0 Å². The largest absolute Gasteiger partial charge is 0.393 e. The summed E-state index contributed by atoms with van der Waals surface area (Å²) < 4.78 is 5.20. The van der Waals surface area contributed by atoms with E-state index in [0.29, 0.717) is 28.7 Å². The lowest BCUT2D eigenvalue weighted by atomic mass is 10.1. The van der Waals surface area contributed by atoms with E-state index in [0.717, 1.165) is 5.56 Å². The number of aliphatic hydroxyl groups excluding tert-OH is 2. The molecule has 25 heavy (non-hydrogen) atoms. The molecule has 2 heterocycles. The predicted octanol–water partition coefficient (Wildman–Crippen LogP) is 1.19. The zero-order chi connectivity index (χ0) is 17.6. The molecule has 1 atom stereocenters. The van der Waals surface area contributed by atoms with E-state index in [4.69, 9.17) is 9.63 Å². The van der Waals surface area contributed by atoms with Gasteiger partial charge in [0, 0.05) is 24.6 Å². The van der Waals surface area contributed by atoms with E-state index < -0.39 is 12.7 Å². The first-order valence-electron chi connectivity index (χ1n) is 7.59. The molecule has 3 rings (SSSR count). The SMILES string of the molecule is O=C(NCCc1nnc(C(O)CO)s1)c1cc(-c2ccccc2)on1. The van der Waals surface area contributed by atoms with Crippen molar-refractivity contribution in [2.75, 3.05) is 13.2 Å². The molecule has 0 saturated heterocycles. The van der Waals surface area contributed by atoms with Gasteiger partial charge in [0.2, 0.25) is 0 Å². The highest BCUT2D eigenvalue weighted by atomic mass is 32.1. The first-order chi connectivity index (χ1) is 12.2. The second kappa shape index (κ2) is 7.97. The van der Waals surface area contributed by atoms with Gasteiger partial charge in [-0.1, -0.05) is 46.8 Å². The number of nitrogens with one attached hydrogen (secondary N) is 1. The standard InChI is InChI=1S/C16H16N4O4S/c21-9-12(22)16-19-18-14(25-16)6-7-17-15(23)11-8-13(24-20-11)10-4-2-1-3-5-10/h1-5,8,12,21-22H,6-7,9H2,(H,17,23). The Labute approximate surface area is 147 Å². The number of aromatic nitrogens is 3. The summed E-state index contributed by atoms with van der Waals surface area (Å²) in [5.74, 6) is 0.184. The average Bonchev–Trinajstić information content (AvgIpc) is 3.31. The van der Waals surface area contributed by atoms with Crippen molar-refractivity contribution < 1.29 is 19.5 Å². The molecule has 0 bridgehead atoms. The van der Waals surface area contributed by atoms with Crippen molar-refractivity contribution in [2.24, 2.45) is 0 Å². The number of benzene rings is 1. The zero-order valence-electron chi connectivity index (χ0n) is 13.1. The number of rotatable bonds is 7. The Morgan fingerprint density at radius 2 is 2.08 bits per heavy atom. The van der Waals surface area contributed by atoms with Gasteiger partial charge >= 0.3 is 0 Å². The van der Waals surface area contributed by atoms with Crippen LogP contribution < -0.4 is 5.32 Å². The molecule has 0 saturated carbocycles. The second-order valence-corrected chi connectivity index (χ2v) is 6.27. The molecule has 0 radical (unpaired) electrons. The molecule has 0 spiro atoms. The van der Waals surface area contributed by atoms with Gasteiger partial charge in [-0.3, -0.25) is 4.79 Å².